The standard InChI is InChI=1S/C25H25FN4O7/c1-35-14-3-4-18-15(7-14)16(17(26)9-28-18)8-27-10-20(31)24(33)22-11-30(25(34)37-22)13-2-5-21-19(6-13)29-23(32)12-36-21/h2-7,9,20,22,24,27,31,33H,8,10-12H2,1H3,(H,29,32)/t20-,22?,24+/m1/s1. The van der Waals surface area contributed by atoms with Gasteiger partial charge in [-0.2, -0.15) is 0 Å². The van der Waals surface area contributed by atoms with E-state index in [9.17, 15) is 24.2 Å². The van der Waals surface area contributed by atoms with E-state index in [1.807, 2.05) is 0 Å². The topological polar surface area (TPSA) is 142 Å². The lowest BCUT2D eigenvalue weighted by molar-refractivity contribution is -0.118. The number of amides is 2. The van der Waals surface area contributed by atoms with Crippen LogP contribution in [0.4, 0.5) is 20.6 Å². The van der Waals surface area contributed by atoms with Gasteiger partial charge in [0.15, 0.2) is 12.7 Å². The van der Waals surface area contributed by atoms with Gasteiger partial charge in [-0.15, -0.1) is 0 Å². The first-order valence-corrected chi connectivity index (χ1v) is 11.6. The van der Waals surface area contributed by atoms with Crippen molar-refractivity contribution in [3.05, 3.63) is 54.0 Å². The van der Waals surface area contributed by atoms with Gasteiger partial charge in [-0.1, -0.05) is 0 Å². The quantitative estimate of drug-likeness (QED) is 0.354. The lowest BCUT2D eigenvalue weighted by atomic mass is 10.1. The third-order valence-corrected chi connectivity index (χ3v) is 6.31. The second-order valence-electron chi connectivity index (χ2n) is 8.71. The van der Waals surface area contributed by atoms with Crippen LogP contribution in [0.1, 0.15) is 5.56 Å². The van der Waals surface area contributed by atoms with E-state index in [1.165, 1.54) is 12.0 Å². The summed E-state index contributed by atoms with van der Waals surface area (Å²) in [6.45, 7) is -0.142. The Labute approximate surface area is 210 Å². The number of cyclic esters (lactones) is 1. The van der Waals surface area contributed by atoms with Crippen LogP contribution >= 0.6 is 0 Å². The number of hydrogen-bond donors (Lipinski definition) is 4. The fourth-order valence-electron chi connectivity index (χ4n) is 4.33. The summed E-state index contributed by atoms with van der Waals surface area (Å²) in [5.74, 6) is 0.204. The normalized spacial score (nSPS) is 18.6. The number of aliphatic hydroxyl groups excluding tert-OH is 2. The van der Waals surface area contributed by atoms with Gasteiger partial charge >= 0.3 is 6.09 Å². The first-order valence-electron chi connectivity index (χ1n) is 11.6. The van der Waals surface area contributed by atoms with Crippen molar-refractivity contribution in [3.8, 4) is 11.5 Å². The number of nitrogens with one attached hydrogen (secondary N) is 2. The molecule has 3 aromatic rings. The molecule has 3 atom stereocenters. The van der Waals surface area contributed by atoms with Gasteiger partial charge in [0.2, 0.25) is 0 Å². The van der Waals surface area contributed by atoms with Crippen molar-refractivity contribution in [2.75, 3.05) is 37.0 Å². The van der Waals surface area contributed by atoms with Gasteiger partial charge in [0.1, 0.15) is 23.4 Å². The number of nitrogens with zero attached hydrogens (tertiary/aromatic N) is 2. The summed E-state index contributed by atoms with van der Waals surface area (Å²) in [6.07, 6.45) is -3.29. The summed E-state index contributed by atoms with van der Waals surface area (Å²) in [5.41, 5.74) is 1.79. The van der Waals surface area contributed by atoms with E-state index in [-0.39, 0.29) is 32.1 Å². The number of rotatable bonds is 8. The number of aromatic nitrogens is 1. The van der Waals surface area contributed by atoms with Crippen LogP contribution in [0.3, 0.4) is 0 Å². The number of carbonyl (C=O) groups is 2. The minimum atomic E-state index is -1.40. The molecule has 0 aliphatic carbocycles. The lowest BCUT2D eigenvalue weighted by Gasteiger charge is -2.23. The Bertz CT molecular complexity index is 1350. The van der Waals surface area contributed by atoms with Crippen molar-refractivity contribution in [2.45, 2.75) is 24.9 Å². The van der Waals surface area contributed by atoms with Gasteiger partial charge in [-0.05, 0) is 36.4 Å². The maximum Gasteiger partial charge on any atom is 0.414 e. The summed E-state index contributed by atoms with van der Waals surface area (Å²) < 4.78 is 30.3. The van der Waals surface area contributed by atoms with Crippen LogP contribution in [0.2, 0.25) is 0 Å². The van der Waals surface area contributed by atoms with Gasteiger partial charge in [0.05, 0.1) is 37.2 Å². The Balaban J connectivity index is 1.21. The van der Waals surface area contributed by atoms with E-state index in [0.717, 1.165) is 6.20 Å². The van der Waals surface area contributed by atoms with Crippen LogP contribution in [-0.2, 0) is 16.1 Å². The highest BCUT2D eigenvalue weighted by molar-refractivity contribution is 5.97. The third-order valence-electron chi connectivity index (χ3n) is 6.31. The molecule has 4 N–H and O–H groups in total. The van der Waals surface area contributed by atoms with Gasteiger partial charge in [0, 0.05) is 29.7 Å². The molecule has 12 heteroatoms. The number of aliphatic hydroxyl groups is 2. The number of anilines is 2. The predicted molar refractivity (Wildman–Crippen MR) is 130 cm³/mol. The van der Waals surface area contributed by atoms with E-state index in [4.69, 9.17) is 14.2 Å². The molecule has 37 heavy (non-hydrogen) atoms. The second kappa shape index (κ2) is 10.2. The van der Waals surface area contributed by atoms with Crippen LogP contribution in [0, 0.1) is 5.82 Å². The number of ether oxygens (including phenoxy) is 3. The van der Waals surface area contributed by atoms with Crippen LogP contribution in [0.15, 0.2) is 42.6 Å². The smallest absolute Gasteiger partial charge is 0.414 e. The zero-order valence-electron chi connectivity index (χ0n) is 19.8. The summed E-state index contributed by atoms with van der Waals surface area (Å²) >= 11 is 0. The number of methoxy groups -OCH3 is 1. The molecular weight excluding hydrogens is 487 g/mol. The Morgan fingerprint density at radius 2 is 2.11 bits per heavy atom. The Morgan fingerprint density at radius 1 is 1.27 bits per heavy atom. The monoisotopic (exact) mass is 512 g/mol. The largest absolute Gasteiger partial charge is 0.497 e. The maximum absolute atomic E-state index is 14.5. The number of hydrogen-bond acceptors (Lipinski definition) is 9. The fraction of sp³-hybridized carbons (Fsp3) is 0.320. The lowest BCUT2D eigenvalue weighted by Crippen LogP contribution is -2.44. The van der Waals surface area contributed by atoms with Crippen LogP contribution < -0.4 is 25.0 Å². The SMILES string of the molecule is COc1ccc2ncc(F)c(CNC[C@@H](O)[C@H](O)C3CN(c4ccc5c(c4)NC(=O)CO5)C(=O)O3)c2c1. The Morgan fingerprint density at radius 3 is 2.92 bits per heavy atom. The molecular formula is C25H25FN4O7. The molecule has 11 nitrogen and oxygen atoms in total. The van der Waals surface area contributed by atoms with E-state index < -0.39 is 30.2 Å². The van der Waals surface area contributed by atoms with E-state index in [0.29, 0.717) is 39.3 Å². The van der Waals surface area contributed by atoms with E-state index in [1.54, 1.807) is 36.4 Å². The highest BCUT2D eigenvalue weighted by Crippen LogP contribution is 2.34. The van der Waals surface area contributed by atoms with Crippen LogP contribution in [-0.4, -0.2) is 72.3 Å². The summed E-state index contributed by atoms with van der Waals surface area (Å²) in [5, 5.41) is 27.4. The molecule has 1 fully saturated rings. The first kappa shape index (κ1) is 24.7. The molecule has 2 amide bonds. The molecule has 2 aromatic carbocycles. The van der Waals surface area contributed by atoms with Crippen molar-refractivity contribution in [3.63, 3.8) is 0 Å². The first-order chi connectivity index (χ1) is 17.8. The minimum absolute atomic E-state index is 0.0198. The molecule has 2 aliphatic rings. The van der Waals surface area contributed by atoms with Crippen molar-refractivity contribution >= 4 is 34.3 Å². The van der Waals surface area contributed by atoms with E-state index in [2.05, 4.69) is 15.6 Å². The molecule has 0 bridgehead atoms. The summed E-state index contributed by atoms with van der Waals surface area (Å²) in [7, 11) is 1.51. The van der Waals surface area contributed by atoms with Gasteiger partial charge in [0.25, 0.3) is 5.91 Å². The number of pyridine rings is 1. The molecule has 1 aromatic heterocycles. The molecule has 0 radical (unpaired) electrons. The molecule has 2 aliphatic heterocycles. The molecule has 1 saturated heterocycles. The van der Waals surface area contributed by atoms with Crippen LogP contribution in [0.25, 0.3) is 10.9 Å². The third kappa shape index (κ3) is 4.99. The van der Waals surface area contributed by atoms with Crippen LogP contribution in [0.5, 0.6) is 11.5 Å². The Hall–Kier alpha value is -4.00. The molecule has 0 spiro atoms. The molecule has 1 unspecified atom stereocenters. The zero-order chi connectivity index (χ0) is 26.1. The average Bonchev–Trinajstić information content (AvgIpc) is 3.29. The zero-order valence-corrected chi connectivity index (χ0v) is 19.8. The van der Waals surface area contributed by atoms with Crippen molar-refractivity contribution in [1.29, 1.82) is 0 Å². The molecule has 194 valence electrons. The minimum Gasteiger partial charge on any atom is -0.497 e. The van der Waals surface area contributed by atoms with Gasteiger partial charge < -0.3 is 35.1 Å². The molecule has 3 heterocycles. The number of benzene rings is 2. The highest BCUT2D eigenvalue weighted by atomic mass is 19.1. The van der Waals surface area contributed by atoms with Gasteiger partial charge in [-0.3, -0.25) is 14.7 Å². The fourth-order valence-corrected chi connectivity index (χ4v) is 4.33. The predicted octanol–water partition coefficient (Wildman–Crippen LogP) is 1.55. The molecule has 0 saturated carbocycles. The number of halogens is 1. The Kier molecular flexibility index (Phi) is 6.78. The summed E-state index contributed by atoms with van der Waals surface area (Å²) in [4.78, 5) is 29.4. The maximum atomic E-state index is 14.5. The van der Waals surface area contributed by atoms with E-state index >= 15 is 0 Å². The van der Waals surface area contributed by atoms with Crippen molar-refractivity contribution in [1.82, 2.24) is 10.3 Å². The average molecular weight is 512 g/mol. The second-order valence-corrected chi connectivity index (χ2v) is 8.71. The van der Waals surface area contributed by atoms with Crippen molar-refractivity contribution < 1.29 is 38.4 Å². The highest BCUT2D eigenvalue weighted by Gasteiger charge is 2.39. The van der Waals surface area contributed by atoms with Gasteiger partial charge in [-0.25, -0.2) is 9.18 Å². The number of carbonyl (C=O) groups excluding carboxylic acids is 2. The van der Waals surface area contributed by atoms with Crippen molar-refractivity contribution in [2.24, 2.45) is 0 Å². The number of fused-ring (bicyclic) bond motifs is 2. The molecule has 5 rings (SSSR count). The summed E-state index contributed by atoms with van der Waals surface area (Å²) in [6, 6.07) is 9.95.